The summed E-state index contributed by atoms with van der Waals surface area (Å²) < 4.78 is 106. The van der Waals surface area contributed by atoms with E-state index in [-0.39, 0.29) is 95.8 Å². The molecule has 5 aliphatic heterocycles. The van der Waals surface area contributed by atoms with Crippen LogP contribution in [0.5, 0.6) is 17.2 Å². The maximum Gasteiger partial charge on any atom is 0.378 e. The molecule has 0 spiro atoms. The van der Waals surface area contributed by atoms with Gasteiger partial charge in [-0.1, -0.05) is 133 Å². The summed E-state index contributed by atoms with van der Waals surface area (Å²) in [6, 6.07) is 50.3. The van der Waals surface area contributed by atoms with E-state index in [1.807, 2.05) is 78.9 Å². The number of hydrogen-bond acceptors (Lipinski definition) is 16. The number of nitrogens with one attached hydrogen (secondary N) is 4. The minimum atomic E-state index is -0.986. The van der Waals surface area contributed by atoms with Crippen molar-refractivity contribution in [2.75, 3.05) is 41.9 Å². The summed E-state index contributed by atoms with van der Waals surface area (Å²) in [5, 5.41) is 21.3. The second-order valence-electron chi connectivity index (χ2n) is 27.7. The number of aromatic nitrogens is 2. The minimum absolute atomic E-state index is 0.0173. The molecule has 0 saturated carbocycles. The van der Waals surface area contributed by atoms with Crippen LogP contribution in [0.1, 0.15) is 138 Å². The molecule has 3 unspecified atom stereocenters. The normalized spacial score (nSPS) is 15.2. The maximum absolute atomic E-state index is 14.1. The van der Waals surface area contributed by atoms with Crippen LogP contribution in [0.3, 0.4) is 0 Å². The minimum Gasteiger partial charge on any atom is -0.503 e. The zero-order valence-electron chi connectivity index (χ0n) is 62.1. The van der Waals surface area contributed by atoms with E-state index in [0.29, 0.717) is 62.5 Å². The van der Waals surface area contributed by atoms with Crippen molar-refractivity contribution in [2.45, 2.75) is 89.5 Å². The van der Waals surface area contributed by atoms with Crippen molar-refractivity contribution in [3.05, 3.63) is 351 Å². The molecule has 4 bridgehead atoms. The van der Waals surface area contributed by atoms with E-state index < -0.39 is 104 Å². The summed E-state index contributed by atoms with van der Waals surface area (Å²) in [5.74, 6) is -11.0. The fourth-order valence-electron chi connectivity index (χ4n) is 14.0. The van der Waals surface area contributed by atoms with E-state index in [1.54, 1.807) is 44.7 Å². The fraction of sp³-hybridized carbons (Fsp3) is 0.207. The number of hydrogen-bond donors (Lipinski definition) is 6. The molecule has 0 fully saturated rings. The number of halogens is 6. The smallest absolute Gasteiger partial charge is 0.378 e. The first kappa shape index (κ1) is 80.2. The van der Waals surface area contributed by atoms with Gasteiger partial charge in [0.25, 0.3) is 35.3 Å². The van der Waals surface area contributed by atoms with E-state index in [1.165, 1.54) is 46.4 Å². The number of esters is 1. The Morgan fingerprint density at radius 3 is 1.41 bits per heavy atom. The van der Waals surface area contributed by atoms with Crippen LogP contribution < -0.4 is 62.6 Å². The molecule has 0 saturated heterocycles. The molecule has 8 heterocycles. The van der Waals surface area contributed by atoms with Gasteiger partial charge in [-0.25, -0.2) is 31.1 Å². The van der Waals surface area contributed by atoms with E-state index in [9.17, 15) is 74.6 Å². The number of amides is 5. The average Bonchev–Trinajstić information content (AvgIpc) is 1.26. The molecule has 5 aliphatic rings. The molecule has 116 heavy (non-hydrogen) atoms. The first-order valence-corrected chi connectivity index (χ1v) is 36.9. The van der Waals surface area contributed by atoms with Crippen LogP contribution in [0.15, 0.2) is 226 Å². The lowest BCUT2D eigenvalue weighted by Gasteiger charge is -2.35. The Labute approximate surface area is 658 Å². The van der Waals surface area contributed by atoms with Gasteiger partial charge in [-0.15, -0.1) is 0 Å². The standard InChI is InChI=1S/C31H25F2N3O4.C24H19F2N3O4.C22H17F2NO6.C10H14N2/c32-22-12-10-21(25(33)14-22)15-34-30(38)24-17-35-23-13-11-20-8-4-5-9-26(20)36(16-23)31(39)27(35)29(28(24)37)40-18-19-6-2-1-3-7-19;25-15-7-5-14(18(26)9-15)10-27-23(32)17-12-28-16-8-6-13-3-1-2-4-19(13)29(11-16)24(33)20(28)22(31)21(17)30;1-29-22(28)20-19(30-11-13-5-3-2-4-6-13)18(26)16(12-31-20)21(27)25-10-14-7-8-15(23)9-17(14)24;11-9-6-5-8-3-1-2-4-10(8)12-7-9/h1-10,12,14,17,23H,11,13,15-16,18H2,(H,34,38);1-5,7,9,12,16,31H,6,8,10-11H2,(H,27,32);2-9,12H,10-11H2,1H3,(H,25,27);1-4,9,12H,5-7,11H2. The van der Waals surface area contributed by atoms with E-state index >= 15 is 0 Å². The topological polar surface area (TPSA) is 305 Å². The summed E-state index contributed by atoms with van der Waals surface area (Å²) in [7, 11) is 1.10. The molecule has 594 valence electrons. The SMILES string of the molecule is COC(=O)c1occ(C(=O)NCc2ccc(F)cc2F)c(=O)c1OCc1ccccc1.NC1CCc2ccccc2NC1.O=C(NCc1ccc(F)cc1F)c1cn2c(c(O)c1=O)C(=O)N1CC2CCc2ccccc21.O=C(NCc1ccc(F)cc1F)c1cn2c(c(OCc3ccccc3)c1=O)C(=O)N1CC2CCc2ccccc21. The molecular formula is C87H75F6N9O14. The fourth-order valence-corrected chi connectivity index (χ4v) is 14.0. The largest absolute Gasteiger partial charge is 0.503 e. The third kappa shape index (κ3) is 18.0. The van der Waals surface area contributed by atoms with Crippen LogP contribution in [-0.2, 0) is 56.8 Å². The second kappa shape index (κ2) is 35.9. The van der Waals surface area contributed by atoms with Gasteiger partial charge in [-0.3, -0.25) is 38.4 Å². The molecule has 8 aromatic carbocycles. The molecule has 0 aliphatic carbocycles. The van der Waals surface area contributed by atoms with Crippen LogP contribution in [0.25, 0.3) is 0 Å². The number of aryl methyl sites for hydroxylation is 3. The Morgan fingerprint density at radius 1 is 0.500 bits per heavy atom. The van der Waals surface area contributed by atoms with Crippen LogP contribution >= 0.6 is 0 Å². The van der Waals surface area contributed by atoms with Gasteiger partial charge >= 0.3 is 5.97 Å². The van der Waals surface area contributed by atoms with Crippen LogP contribution in [0.4, 0.5) is 43.4 Å². The number of nitrogens with two attached hydrogens (primary N) is 1. The van der Waals surface area contributed by atoms with Crippen LogP contribution in [0, 0.1) is 34.9 Å². The van der Waals surface area contributed by atoms with Crippen molar-refractivity contribution in [2.24, 2.45) is 5.73 Å². The highest BCUT2D eigenvalue weighted by atomic mass is 19.2. The van der Waals surface area contributed by atoms with Crippen molar-refractivity contribution >= 4 is 52.6 Å². The Bertz CT molecular complexity index is 5760. The lowest BCUT2D eigenvalue weighted by atomic mass is 10.0. The van der Waals surface area contributed by atoms with Crippen molar-refractivity contribution in [3.63, 3.8) is 0 Å². The molecule has 3 atom stereocenters. The summed E-state index contributed by atoms with van der Waals surface area (Å²) in [4.78, 5) is 120. The molecule has 0 radical (unpaired) electrons. The van der Waals surface area contributed by atoms with Gasteiger partial charge in [0.2, 0.25) is 22.0 Å². The Balaban J connectivity index is 0.000000142. The van der Waals surface area contributed by atoms with E-state index in [4.69, 9.17) is 19.6 Å². The van der Waals surface area contributed by atoms with Gasteiger partial charge in [0.05, 0.1) is 19.2 Å². The van der Waals surface area contributed by atoms with Crippen molar-refractivity contribution in [1.29, 1.82) is 0 Å². The summed E-state index contributed by atoms with van der Waals surface area (Å²) in [6.07, 6.45) is 8.37. The van der Waals surface area contributed by atoms with Gasteiger partial charge in [0.15, 0.2) is 22.9 Å². The number of pyridine rings is 2. The number of carbonyl (C=O) groups is 6. The van der Waals surface area contributed by atoms with Gasteiger partial charge in [-0.2, -0.15) is 0 Å². The van der Waals surface area contributed by atoms with Gasteiger partial charge in [-0.05, 0) is 103 Å². The number of carbonyl (C=O) groups excluding carboxylic acids is 6. The number of aromatic hydroxyl groups is 1. The number of benzene rings is 8. The zero-order valence-corrected chi connectivity index (χ0v) is 62.1. The molecule has 7 N–H and O–H groups in total. The molecule has 29 heteroatoms. The first-order chi connectivity index (χ1) is 56.0. The van der Waals surface area contributed by atoms with Crippen molar-refractivity contribution < 1.29 is 78.8 Å². The average molecular weight is 1580 g/mol. The monoisotopic (exact) mass is 1580 g/mol. The number of fused-ring (bicyclic) bond motifs is 13. The molecule has 16 rings (SSSR count). The maximum atomic E-state index is 14.1. The van der Waals surface area contributed by atoms with Crippen molar-refractivity contribution in [1.82, 2.24) is 25.1 Å². The number of nitrogens with zero attached hydrogens (tertiary/aromatic N) is 4. The van der Waals surface area contributed by atoms with Crippen molar-refractivity contribution in [3.8, 4) is 17.2 Å². The second-order valence-corrected chi connectivity index (χ2v) is 27.7. The Morgan fingerprint density at radius 2 is 0.914 bits per heavy atom. The lowest BCUT2D eigenvalue weighted by Crippen LogP contribution is -2.45. The van der Waals surface area contributed by atoms with Gasteiger partial charge < -0.3 is 69.7 Å². The highest BCUT2D eigenvalue weighted by Crippen LogP contribution is 2.40. The zero-order chi connectivity index (χ0) is 81.8. The molecule has 11 aromatic rings. The third-order valence-electron chi connectivity index (χ3n) is 20.2. The number of ether oxygens (including phenoxy) is 3. The number of rotatable bonds is 16. The quantitative estimate of drug-likeness (QED) is 0.0387. The van der Waals surface area contributed by atoms with E-state index in [2.05, 4.69) is 50.3 Å². The van der Waals surface area contributed by atoms with E-state index in [0.717, 1.165) is 85.1 Å². The third-order valence-corrected chi connectivity index (χ3v) is 20.2. The molecule has 5 amide bonds. The van der Waals surface area contributed by atoms with Crippen LogP contribution in [-0.4, -0.2) is 82.5 Å². The summed E-state index contributed by atoms with van der Waals surface area (Å²) >= 11 is 0. The Hall–Kier alpha value is -13.8. The first-order valence-electron chi connectivity index (χ1n) is 36.9. The summed E-state index contributed by atoms with van der Waals surface area (Å²) in [5.41, 5.74) is 9.95. The predicted molar refractivity (Wildman–Crippen MR) is 416 cm³/mol. The predicted octanol–water partition coefficient (Wildman–Crippen LogP) is 12.3. The molecule has 23 nitrogen and oxygen atoms in total. The Kier molecular flexibility index (Phi) is 24.8. The lowest BCUT2D eigenvalue weighted by molar-refractivity contribution is 0.0551. The highest BCUT2D eigenvalue weighted by Gasteiger charge is 2.41. The molecule has 3 aromatic heterocycles. The number of para-hydroxylation sites is 3. The van der Waals surface area contributed by atoms with Crippen LogP contribution in [0.2, 0.25) is 0 Å². The highest BCUT2D eigenvalue weighted by molar-refractivity contribution is 6.10. The van der Waals surface area contributed by atoms with Gasteiger partial charge in [0.1, 0.15) is 71.1 Å². The van der Waals surface area contributed by atoms with Gasteiger partial charge in [0, 0.05) is 110 Å². The number of anilines is 3. The molecular weight excluding hydrogens is 1510 g/mol. The summed E-state index contributed by atoms with van der Waals surface area (Å²) in [6.45, 7) is 0.736. The number of methoxy groups -OCH3 is 1.